The second-order valence-electron chi connectivity index (χ2n) is 4.92. The van der Waals surface area contributed by atoms with Crippen LogP contribution >= 0.6 is 23.1 Å². The Kier molecular flexibility index (Phi) is 2.72. The van der Waals surface area contributed by atoms with Gasteiger partial charge in [-0.25, -0.2) is 0 Å². The maximum atomic E-state index is 12.5. The molecule has 3 nitrogen and oxygen atoms in total. The molecule has 0 bridgehead atoms. The minimum atomic E-state index is -0.0318. The Hall–Kier alpha value is -1.59. The fraction of sp³-hybridized carbons (Fsp3) is 0.200. The summed E-state index contributed by atoms with van der Waals surface area (Å²) in [6.45, 7) is 0.524. The minimum Gasteiger partial charge on any atom is -0.318 e. The first kappa shape index (κ1) is 12.2. The number of carbonyl (C=O) groups is 2. The van der Waals surface area contributed by atoms with Crippen molar-refractivity contribution in [2.45, 2.75) is 11.9 Å². The van der Waals surface area contributed by atoms with E-state index in [0.29, 0.717) is 12.3 Å². The average Bonchev–Trinajstić information content (AvgIpc) is 3.01. The number of ketones is 1. The second-order valence-corrected chi connectivity index (χ2v) is 6.73. The summed E-state index contributed by atoms with van der Waals surface area (Å²) in [5.74, 6) is 0.666. The van der Waals surface area contributed by atoms with Gasteiger partial charge in [-0.15, -0.1) is 11.8 Å². The molecule has 0 spiro atoms. The molecule has 4 rings (SSSR count). The Balaban J connectivity index is 1.82. The highest BCUT2D eigenvalue weighted by Crippen LogP contribution is 2.44. The number of carbonyl (C=O) groups excluding carboxylic acids is 2. The van der Waals surface area contributed by atoms with E-state index >= 15 is 0 Å². The van der Waals surface area contributed by atoms with Crippen molar-refractivity contribution in [3.05, 3.63) is 57.3 Å². The first-order chi connectivity index (χ1) is 9.75. The molecule has 1 atom stereocenters. The van der Waals surface area contributed by atoms with E-state index in [1.165, 1.54) is 11.3 Å². The van der Waals surface area contributed by atoms with Crippen LogP contribution in [0.15, 0.2) is 35.0 Å². The van der Waals surface area contributed by atoms with E-state index in [4.69, 9.17) is 0 Å². The molecule has 3 heterocycles. The van der Waals surface area contributed by atoms with Gasteiger partial charge >= 0.3 is 0 Å². The van der Waals surface area contributed by atoms with Crippen molar-refractivity contribution in [3.8, 4) is 0 Å². The van der Waals surface area contributed by atoms with Crippen LogP contribution in [0, 0.1) is 0 Å². The Labute approximate surface area is 124 Å². The van der Waals surface area contributed by atoms with Crippen molar-refractivity contribution in [1.29, 1.82) is 0 Å². The van der Waals surface area contributed by atoms with Crippen molar-refractivity contribution in [3.63, 3.8) is 0 Å². The molecule has 5 heteroatoms. The van der Waals surface area contributed by atoms with Crippen molar-refractivity contribution < 1.29 is 9.59 Å². The van der Waals surface area contributed by atoms with Crippen LogP contribution in [0.25, 0.3) is 0 Å². The van der Waals surface area contributed by atoms with Gasteiger partial charge in [0.05, 0.1) is 5.75 Å². The predicted molar refractivity (Wildman–Crippen MR) is 80.2 cm³/mol. The Bertz CT molecular complexity index is 722. The summed E-state index contributed by atoms with van der Waals surface area (Å²) >= 11 is 3.08. The Morgan fingerprint density at radius 2 is 1.95 bits per heavy atom. The van der Waals surface area contributed by atoms with Crippen LogP contribution in [0.2, 0.25) is 0 Å². The van der Waals surface area contributed by atoms with Crippen LogP contribution in [0.1, 0.15) is 37.2 Å². The largest absolute Gasteiger partial charge is 0.318 e. The molecule has 2 aromatic rings. The second kappa shape index (κ2) is 4.46. The number of thioether (sulfide) groups is 1. The normalized spacial score (nSPS) is 21.0. The molecular weight excluding hydrogens is 290 g/mol. The van der Waals surface area contributed by atoms with Crippen LogP contribution in [-0.4, -0.2) is 22.3 Å². The third-order valence-corrected chi connectivity index (χ3v) is 5.80. The highest BCUT2D eigenvalue weighted by atomic mass is 32.2. The number of hydrogen-bond acceptors (Lipinski definition) is 4. The maximum Gasteiger partial charge on any atom is 0.255 e. The van der Waals surface area contributed by atoms with E-state index in [1.54, 1.807) is 11.8 Å². The standard InChI is InChI=1S/C15H11NO2S2/c17-13-8-20-15-11-4-2-1-3-10(11)14(18)16(15)5-9-6-19-7-12(9)13/h1-4,6-7,15H,5,8H2. The van der Waals surface area contributed by atoms with Gasteiger partial charge in [-0.05, 0) is 22.6 Å². The lowest BCUT2D eigenvalue weighted by atomic mass is 10.1. The summed E-state index contributed by atoms with van der Waals surface area (Å²) in [5.41, 5.74) is 3.57. The smallest absolute Gasteiger partial charge is 0.255 e. The molecule has 2 aliphatic rings. The van der Waals surface area contributed by atoms with E-state index in [1.807, 2.05) is 39.9 Å². The molecule has 0 saturated heterocycles. The van der Waals surface area contributed by atoms with E-state index < -0.39 is 0 Å². The van der Waals surface area contributed by atoms with Crippen LogP contribution < -0.4 is 0 Å². The van der Waals surface area contributed by atoms with Gasteiger partial charge in [0.15, 0.2) is 5.78 Å². The summed E-state index contributed by atoms with van der Waals surface area (Å²) < 4.78 is 0. The zero-order chi connectivity index (χ0) is 13.7. The average molecular weight is 301 g/mol. The van der Waals surface area contributed by atoms with E-state index in [9.17, 15) is 9.59 Å². The van der Waals surface area contributed by atoms with Gasteiger partial charge in [-0.1, -0.05) is 18.2 Å². The third-order valence-electron chi connectivity index (χ3n) is 3.76. The molecular formula is C15H11NO2S2. The Morgan fingerprint density at radius 1 is 1.10 bits per heavy atom. The van der Waals surface area contributed by atoms with Gasteiger partial charge in [0.1, 0.15) is 5.37 Å². The quantitative estimate of drug-likeness (QED) is 0.749. The summed E-state index contributed by atoms with van der Waals surface area (Å²) in [4.78, 5) is 26.6. The van der Waals surface area contributed by atoms with Crippen LogP contribution in [0.4, 0.5) is 0 Å². The van der Waals surface area contributed by atoms with Crippen molar-refractivity contribution in [2.24, 2.45) is 0 Å². The van der Waals surface area contributed by atoms with Gasteiger partial charge in [0, 0.05) is 23.1 Å². The molecule has 1 aromatic heterocycles. The zero-order valence-corrected chi connectivity index (χ0v) is 12.2. The molecule has 0 fully saturated rings. The summed E-state index contributed by atoms with van der Waals surface area (Å²) in [7, 11) is 0. The van der Waals surface area contributed by atoms with Gasteiger partial charge in [0.25, 0.3) is 5.91 Å². The number of fused-ring (bicyclic) bond motifs is 4. The van der Waals surface area contributed by atoms with Crippen molar-refractivity contribution in [1.82, 2.24) is 4.90 Å². The lowest BCUT2D eigenvalue weighted by Gasteiger charge is -2.26. The summed E-state index contributed by atoms with van der Waals surface area (Å²) in [6.07, 6.45) is 0. The number of benzene rings is 1. The van der Waals surface area contributed by atoms with Crippen LogP contribution in [0.3, 0.4) is 0 Å². The number of Topliss-reactive ketones (excluding diaryl/α,β-unsaturated/α-hetero) is 1. The minimum absolute atomic E-state index is 0.0318. The maximum absolute atomic E-state index is 12.5. The van der Waals surface area contributed by atoms with Gasteiger partial charge in [-0.3, -0.25) is 9.59 Å². The summed E-state index contributed by atoms with van der Waals surface area (Å²) in [6, 6.07) is 7.71. The number of rotatable bonds is 0. The molecule has 0 saturated carbocycles. The molecule has 1 unspecified atom stereocenters. The summed E-state index contributed by atoms with van der Waals surface area (Å²) in [5, 5.41) is 3.85. The topological polar surface area (TPSA) is 37.4 Å². The van der Waals surface area contributed by atoms with Gasteiger partial charge < -0.3 is 4.90 Å². The van der Waals surface area contributed by atoms with Crippen molar-refractivity contribution in [2.75, 3.05) is 5.75 Å². The van der Waals surface area contributed by atoms with E-state index in [0.717, 1.165) is 22.3 Å². The van der Waals surface area contributed by atoms with Crippen molar-refractivity contribution >= 4 is 34.8 Å². The highest BCUT2D eigenvalue weighted by Gasteiger charge is 2.38. The fourth-order valence-corrected chi connectivity index (χ4v) is 4.83. The first-order valence-electron chi connectivity index (χ1n) is 6.35. The monoisotopic (exact) mass is 301 g/mol. The lowest BCUT2D eigenvalue weighted by Crippen LogP contribution is -2.29. The molecule has 100 valence electrons. The highest BCUT2D eigenvalue weighted by molar-refractivity contribution is 8.00. The third kappa shape index (κ3) is 1.66. The Morgan fingerprint density at radius 3 is 2.85 bits per heavy atom. The fourth-order valence-electron chi connectivity index (χ4n) is 2.78. The number of hydrogen-bond donors (Lipinski definition) is 0. The molecule has 2 aliphatic heterocycles. The molecule has 1 amide bonds. The predicted octanol–water partition coefficient (Wildman–Crippen LogP) is 3.33. The molecule has 0 radical (unpaired) electrons. The molecule has 1 aromatic carbocycles. The number of amides is 1. The number of nitrogens with zero attached hydrogens (tertiary/aromatic N) is 1. The van der Waals surface area contributed by atoms with Crippen LogP contribution in [0.5, 0.6) is 0 Å². The lowest BCUT2D eigenvalue weighted by molar-refractivity contribution is 0.0757. The van der Waals surface area contributed by atoms with E-state index in [2.05, 4.69) is 0 Å². The molecule has 20 heavy (non-hydrogen) atoms. The first-order valence-corrected chi connectivity index (χ1v) is 8.34. The van der Waals surface area contributed by atoms with Gasteiger partial charge in [-0.2, -0.15) is 11.3 Å². The van der Waals surface area contributed by atoms with Gasteiger partial charge in [0.2, 0.25) is 0 Å². The van der Waals surface area contributed by atoms with Crippen LogP contribution in [-0.2, 0) is 6.54 Å². The molecule has 0 N–H and O–H groups in total. The number of thiophene rings is 1. The SMILES string of the molecule is O=C1CSC2c3ccccc3C(=O)N2Cc2cscc21. The van der Waals surface area contributed by atoms with E-state index in [-0.39, 0.29) is 17.1 Å². The molecule has 0 aliphatic carbocycles. The zero-order valence-electron chi connectivity index (χ0n) is 10.5.